The Morgan fingerprint density at radius 3 is 2.79 bits per heavy atom. The Kier molecular flexibility index (Phi) is 5.02. The molecule has 0 radical (unpaired) electrons. The maximum atomic E-state index is 6.40. The van der Waals surface area contributed by atoms with Crippen molar-refractivity contribution in [3.8, 4) is 0 Å². The van der Waals surface area contributed by atoms with Crippen LogP contribution in [0.3, 0.4) is 0 Å². The molecule has 2 aromatic rings. The second-order valence-electron chi connectivity index (χ2n) is 4.62. The van der Waals surface area contributed by atoms with Crippen LogP contribution in [0.4, 0.5) is 0 Å². The maximum absolute atomic E-state index is 6.40. The smallest absolute Gasteiger partial charge is 0.0850 e. The summed E-state index contributed by atoms with van der Waals surface area (Å²) in [6, 6.07) is 4.27. The van der Waals surface area contributed by atoms with Crippen molar-refractivity contribution in [2.24, 2.45) is 5.73 Å². The van der Waals surface area contributed by atoms with Crippen LogP contribution in [0.5, 0.6) is 0 Å². The summed E-state index contributed by atoms with van der Waals surface area (Å²) in [6.45, 7) is 4.99. The van der Waals surface area contributed by atoms with Gasteiger partial charge in [0.2, 0.25) is 0 Å². The summed E-state index contributed by atoms with van der Waals surface area (Å²) in [5.74, 6) is 0. The van der Waals surface area contributed by atoms with Gasteiger partial charge in [-0.2, -0.15) is 5.10 Å². The van der Waals surface area contributed by atoms with Gasteiger partial charge < -0.3 is 5.73 Å². The lowest BCUT2D eigenvalue weighted by Crippen LogP contribution is -2.26. The molecule has 2 aromatic heterocycles. The third-order valence-electron chi connectivity index (χ3n) is 3.19. The molecule has 0 amide bonds. The zero-order chi connectivity index (χ0) is 13.8. The van der Waals surface area contributed by atoms with Crippen LogP contribution < -0.4 is 5.73 Å². The van der Waals surface area contributed by atoms with Crippen molar-refractivity contribution >= 4 is 22.9 Å². The number of aromatic nitrogens is 2. The molecule has 19 heavy (non-hydrogen) atoms. The number of rotatable bonds is 6. The summed E-state index contributed by atoms with van der Waals surface area (Å²) in [5.41, 5.74) is 8.30. The zero-order valence-corrected chi connectivity index (χ0v) is 13.0. The van der Waals surface area contributed by atoms with Crippen molar-refractivity contribution in [1.82, 2.24) is 9.78 Å². The fraction of sp³-hybridized carbons (Fsp3) is 0.500. The summed E-state index contributed by atoms with van der Waals surface area (Å²) in [4.78, 5) is 1.32. The molecule has 0 spiro atoms. The van der Waals surface area contributed by atoms with Gasteiger partial charge in [-0.25, -0.2) is 0 Å². The first-order valence-electron chi connectivity index (χ1n) is 6.67. The Morgan fingerprint density at radius 2 is 2.21 bits per heavy atom. The molecule has 0 saturated heterocycles. The minimum Gasteiger partial charge on any atom is -0.327 e. The number of thiophene rings is 1. The van der Waals surface area contributed by atoms with Crippen molar-refractivity contribution in [3.05, 3.63) is 38.8 Å². The number of hydrogen-bond donors (Lipinski definition) is 1. The van der Waals surface area contributed by atoms with Crippen molar-refractivity contribution in [3.63, 3.8) is 0 Å². The van der Waals surface area contributed by atoms with Gasteiger partial charge in [-0.15, -0.1) is 11.3 Å². The molecule has 2 N–H and O–H groups in total. The highest BCUT2D eigenvalue weighted by atomic mass is 35.5. The standard InChI is InChI=1S/C14H20ClN3S/c1-3-12-14(15)13(18(4-2)17-12)9-10(16)8-11-6-5-7-19-11/h5-7,10H,3-4,8-9,16H2,1-2H3. The first-order valence-corrected chi connectivity index (χ1v) is 7.93. The van der Waals surface area contributed by atoms with Crippen LogP contribution in [0.2, 0.25) is 5.02 Å². The lowest BCUT2D eigenvalue weighted by molar-refractivity contribution is 0.574. The van der Waals surface area contributed by atoms with E-state index in [2.05, 4.69) is 36.5 Å². The van der Waals surface area contributed by atoms with E-state index >= 15 is 0 Å². The number of nitrogens with zero attached hydrogens (tertiary/aromatic N) is 2. The van der Waals surface area contributed by atoms with E-state index in [0.717, 1.165) is 42.2 Å². The molecule has 0 aliphatic rings. The van der Waals surface area contributed by atoms with Gasteiger partial charge in [0.05, 0.1) is 16.4 Å². The molecule has 0 saturated carbocycles. The van der Waals surface area contributed by atoms with Crippen molar-refractivity contribution < 1.29 is 0 Å². The van der Waals surface area contributed by atoms with E-state index in [1.165, 1.54) is 4.88 Å². The van der Waals surface area contributed by atoms with Gasteiger partial charge in [0.25, 0.3) is 0 Å². The number of hydrogen-bond acceptors (Lipinski definition) is 3. The molecular formula is C14H20ClN3S. The fourth-order valence-electron chi connectivity index (χ4n) is 2.22. The Labute approximate surface area is 123 Å². The third-order valence-corrected chi connectivity index (χ3v) is 4.53. The summed E-state index contributed by atoms with van der Waals surface area (Å²) in [7, 11) is 0. The van der Waals surface area contributed by atoms with Crippen LogP contribution in [0, 0.1) is 0 Å². The summed E-state index contributed by atoms with van der Waals surface area (Å²) in [6.07, 6.45) is 2.53. The molecule has 0 aliphatic carbocycles. The van der Waals surface area contributed by atoms with Gasteiger partial charge in [-0.05, 0) is 31.2 Å². The molecule has 0 aliphatic heterocycles. The summed E-state index contributed by atoms with van der Waals surface area (Å²) in [5, 5.41) is 7.41. The SMILES string of the molecule is CCc1nn(CC)c(CC(N)Cc2cccs2)c1Cl. The van der Waals surface area contributed by atoms with E-state index in [-0.39, 0.29) is 6.04 Å². The molecule has 1 unspecified atom stereocenters. The first-order chi connectivity index (χ1) is 9.15. The van der Waals surface area contributed by atoms with Crippen LogP contribution in [0.15, 0.2) is 17.5 Å². The highest BCUT2D eigenvalue weighted by molar-refractivity contribution is 7.09. The largest absolute Gasteiger partial charge is 0.327 e. The first kappa shape index (κ1) is 14.6. The van der Waals surface area contributed by atoms with Crippen molar-refractivity contribution in [2.75, 3.05) is 0 Å². The second-order valence-corrected chi connectivity index (χ2v) is 6.03. The molecule has 2 heterocycles. The Balaban J connectivity index is 2.11. The molecule has 0 fully saturated rings. The molecule has 5 heteroatoms. The highest BCUT2D eigenvalue weighted by Crippen LogP contribution is 2.23. The van der Waals surface area contributed by atoms with E-state index in [1.807, 2.05) is 4.68 Å². The van der Waals surface area contributed by atoms with Crippen molar-refractivity contribution in [2.45, 2.75) is 45.7 Å². The lowest BCUT2D eigenvalue weighted by atomic mass is 10.1. The minimum atomic E-state index is 0.0860. The minimum absolute atomic E-state index is 0.0860. The van der Waals surface area contributed by atoms with E-state index in [0.29, 0.717) is 0 Å². The third kappa shape index (κ3) is 3.38. The number of halogens is 1. The van der Waals surface area contributed by atoms with Gasteiger partial charge in [-0.3, -0.25) is 4.68 Å². The Bertz CT molecular complexity index is 519. The van der Waals surface area contributed by atoms with Gasteiger partial charge in [0, 0.05) is 23.9 Å². The molecule has 104 valence electrons. The van der Waals surface area contributed by atoms with E-state index in [9.17, 15) is 0 Å². The van der Waals surface area contributed by atoms with Crippen molar-refractivity contribution in [1.29, 1.82) is 0 Å². The topological polar surface area (TPSA) is 43.8 Å². The van der Waals surface area contributed by atoms with Crippen LogP contribution >= 0.6 is 22.9 Å². The van der Waals surface area contributed by atoms with Gasteiger partial charge >= 0.3 is 0 Å². The van der Waals surface area contributed by atoms with Crippen LogP contribution in [0.25, 0.3) is 0 Å². The summed E-state index contributed by atoms with van der Waals surface area (Å²) < 4.78 is 1.98. The summed E-state index contributed by atoms with van der Waals surface area (Å²) >= 11 is 8.15. The predicted molar refractivity (Wildman–Crippen MR) is 82.0 cm³/mol. The van der Waals surface area contributed by atoms with Crippen LogP contribution in [-0.2, 0) is 25.8 Å². The maximum Gasteiger partial charge on any atom is 0.0850 e. The van der Waals surface area contributed by atoms with Gasteiger partial charge in [0.15, 0.2) is 0 Å². The van der Waals surface area contributed by atoms with Crippen LogP contribution in [0.1, 0.15) is 30.1 Å². The fourth-order valence-corrected chi connectivity index (χ4v) is 3.37. The highest BCUT2D eigenvalue weighted by Gasteiger charge is 2.17. The van der Waals surface area contributed by atoms with Gasteiger partial charge in [0.1, 0.15) is 0 Å². The Morgan fingerprint density at radius 1 is 1.42 bits per heavy atom. The van der Waals surface area contributed by atoms with Crippen LogP contribution in [-0.4, -0.2) is 15.8 Å². The normalized spacial score (nSPS) is 12.8. The lowest BCUT2D eigenvalue weighted by Gasteiger charge is -2.12. The molecule has 0 aromatic carbocycles. The predicted octanol–water partition coefficient (Wildman–Crippen LogP) is 3.29. The van der Waals surface area contributed by atoms with E-state index < -0.39 is 0 Å². The van der Waals surface area contributed by atoms with E-state index in [4.69, 9.17) is 17.3 Å². The molecule has 0 bridgehead atoms. The van der Waals surface area contributed by atoms with Gasteiger partial charge in [-0.1, -0.05) is 24.6 Å². The average molecular weight is 298 g/mol. The Hall–Kier alpha value is -0.840. The molecule has 3 nitrogen and oxygen atoms in total. The number of nitrogens with two attached hydrogens (primary N) is 1. The monoisotopic (exact) mass is 297 g/mol. The second kappa shape index (κ2) is 6.55. The average Bonchev–Trinajstić information content (AvgIpc) is 2.99. The van der Waals surface area contributed by atoms with E-state index in [1.54, 1.807) is 11.3 Å². The zero-order valence-electron chi connectivity index (χ0n) is 11.4. The molecule has 1 atom stereocenters. The number of aryl methyl sites for hydroxylation is 2. The quantitative estimate of drug-likeness (QED) is 0.889. The molecule has 2 rings (SSSR count). The molecular weight excluding hydrogens is 278 g/mol.